The number of ether oxygens (including phenoxy) is 1. The number of anilines is 1. The summed E-state index contributed by atoms with van der Waals surface area (Å²) in [7, 11) is 0. The number of carbonyl (C=O) groups excluding carboxylic acids is 3. The number of piperidine rings is 1. The summed E-state index contributed by atoms with van der Waals surface area (Å²) >= 11 is 5.94. The van der Waals surface area contributed by atoms with E-state index in [0.717, 1.165) is 38.6 Å². The van der Waals surface area contributed by atoms with Crippen molar-refractivity contribution in [3.63, 3.8) is 0 Å². The topological polar surface area (TPSA) is 91.0 Å². The van der Waals surface area contributed by atoms with E-state index in [-0.39, 0.29) is 22.9 Å². The lowest BCUT2D eigenvalue weighted by Crippen LogP contribution is -2.58. The third-order valence-corrected chi connectivity index (χ3v) is 11.0. The van der Waals surface area contributed by atoms with Crippen molar-refractivity contribution in [2.75, 3.05) is 25.0 Å². The normalized spacial score (nSPS) is 37.6. The molecule has 4 heterocycles. The Labute approximate surface area is 252 Å². The Balaban J connectivity index is 1.28. The van der Waals surface area contributed by atoms with Gasteiger partial charge in [0.05, 0.1) is 23.0 Å². The molecule has 4 fully saturated rings. The van der Waals surface area contributed by atoms with Crippen LogP contribution in [0.5, 0.6) is 0 Å². The van der Waals surface area contributed by atoms with Crippen LogP contribution in [0.15, 0.2) is 30.4 Å². The van der Waals surface area contributed by atoms with Gasteiger partial charge < -0.3 is 20.3 Å². The molecule has 1 aliphatic carbocycles. The molecule has 0 radical (unpaired) electrons. The highest BCUT2D eigenvalue weighted by molar-refractivity contribution is 6.31. The number of likely N-dealkylation sites (tertiary alicyclic amines) is 2. The Morgan fingerprint density at radius 1 is 1.10 bits per heavy atom. The lowest BCUT2D eigenvalue weighted by Gasteiger charge is -2.39. The molecule has 10 heteroatoms. The van der Waals surface area contributed by atoms with E-state index in [2.05, 4.69) is 36.3 Å². The molecule has 6 rings (SSSR count). The fourth-order valence-electron chi connectivity index (χ4n) is 8.08. The largest absolute Gasteiger partial charge is 0.359 e. The summed E-state index contributed by atoms with van der Waals surface area (Å²) < 4.78 is 20.2. The summed E-state index contributed by atoms with van der Waals surface area (Å²) in [5.41, 5.74) is -0.881. The number of hydrogen-bond acceptors (Lipinski definition) is 5. The number of rotatable bonds is 7. The molecule has 1 aromatic rings. The summed E-state index contributed by atoms with van der Waals surface area (Å²) in [5.74, 6) is -2.26. The Morgan fingerprint density at radius 2 is 1.90 bits per heavy atom. The zero-order chi connectivity index (χ0) is 29.8. The predicted molar refractivity (Wildman–Crippen MR) is 158 cm³/mol. The van der Waals surface area contributed by atoms with Crippen LogP contribution in [0.1, 0.15) is 59.3 Å². The number of fused-ring (bicyclic) bond motifs is 1. The molecular weight excluding hydrogens is 559 g/mol. The van der Waals surface area contributed by atoms with Gasteiger partial charge in [-0.25, -0.2) is 4.39 Å². The Hall–Kier alpha value is -2.49. The van der Waals surface area contributed by atoms with E-state index >= 15 is 0 Å². The number of nitrogens with zero attached hydrogens (tertiary/aromatic N) is 2. The number of halogens is 2. The second-order valence-corrected chi connectivity index (χ2v) is 13.5. The molecule has 2 bridgehead atoms. The summed E-state index contributed by atoms with van der Waals surface area (Å²) in [4.78, 5) is 46.2. The van der Waals surface area contributed by atoms with Crippen molar-refractivity contribution in [1.82, 2.24) is 15.1 Å². The SMILES string of the molecule is C[C@@H]1[C@H](C)CCC[C@@H]1NC(=O)[C@@H]1N(CCN2CCCC[C@@H]2C)C(=O)[C@@H]2[C@H](C(=O)Nc3ccc(F)c(Cl)c3)[C@@H]3C=C[C@]21O3. The van der Waals surface area contributed by atoms with Gasteiger partial charge in [0, 0.05) is 30.9 Å². The van der Waals surface area contributed by atoms with Gasteiger partial charge in [0.1, 0.15) is 17.5 Å². The second-order valence-electron chi connectivity index (χ2n) is 13.1. The van der Waals surface area contributed by atoms with Crippen LogP contribution in [0.4, 0.5) is 10.1 Å². The third-order valence-electron chi connectivity index (χ3n) is 10.7. The molecule has 228 valence electrons. The molecule has 0 aromatic heterocycles. The molecule has 3 amide bonds. The average Bonchev–Trinajstić information content (AvgIpc) is 3.60. The van der Waals surface area contributed by atoms with Crippen LogP contribution >= 0.6 is 11.6 Å². The van der Waals surface area contributed by atoms with Crippen molar-refractivity contribution >= 4 is 35.0 Å². The Kier molecular flexibility index (Phi) is 8.13. The first-order chi connectivity index (χ1) is 20.1. The van der Waals surface area contributed by atoms with E-state index in [1.807, 2.05) is 12.2 Å². The van der Waals surface area contributed by atoms with Crippen molar-refractivity contribution in [2.45, 2.75) is 89.1 Å². The molecule has 3 saturated heterocycles. The molecule has 2 N–H and O–H groups in total. The maximum Gasteiger partial charge on any atom is 0.246 e. The number of amides is 3. The van der Waals surface area contributed by atoms with Crippen molar-refractivity contribution in [3.8, 4) is 0 Å². The van der Waals surface area contributed by atoms with E-state index < -0.39 is 41.3 Å². The van der Waals surface area contributed by atoms with E-state index in [1.54, 1.807) is 4.90 Å². The van der Waals surface area contributed by atoms with Gasteiger partial charge >= 0.3 is 0 Å². The standard InChI is InChI=1S/C32H42ClFN4O4/c1-18-7-6-9-24(20(18)3)36-30(40)28-32-13-12-25(42-32)26(29(39)35-21-10-11-23(34)22(33)17-21)27(32)31(41)38(28)16-15-37-14-5-4-8-19(37)2/h10-13,17-20,24-28H,4-9,14-16H2,1-3H3,(H,35,39)(H,36,40)/t18-,19+,20-,24+,25+,26-,27+,28+,32+/m1/s1. The van der Waals surface area contributed by atoms with Crippen LogP contribution in [0, 0.1) is 29.5 Å². The molecule has 9 atom stereocenters. The van der Waals surface area contributed by atoms with Crippen LogP contribution in [-0.2, 0) is 19.1 Å². The molecule has 1 aromatic carbocycles. The minimum Gasteiger partial charge on any atom is -0.359 e. The molecule has 0 unspecified atom stereocenters. The quantitative estimate of drug-likeness (QED) is 0.453. The summed E-state index contributed by atoms with van der Waals surface area (Å²) in [6.07, 6.45) is 9.56. The summed E-state index contributed by atoms with van der Waals surface area (Å²) in [6.45, 7) is 8.64. The smallest absolute Gasteiger partial charge is 0.246 e. The Bertz CT molecular complexity index is 1280. The highest BCUT2D eigenvalue weighted by atomic mass is 35.5. The zero-order valence-corrected chi connectivity index (χ0v) is 25.4. The number of benzene rings is 1. The number of carbonyl (C=O) groups is 3. The van der Waals surface area contributed by atoms with Crippen LogP contribution in [0.3, 0.4) is 0 Å². The number of nitrogens with one attached hydrogen (secondary N) is 2. The van der Waals surface area contributed by atoms with Gasteiger partial charge in [0.25, 0.3) is 0 Å². The highest BCUT2D eigenvalue weighted by Gasteiger charge is 2.72. The molecule has 5 aliphatic rings. The first-order valence-corrected chi connectivity index (χ1v) is 16.0. The van der Waals surface area contributed by atoms with Gasteiger partial charge in [-0.3, -0.25) is 19.3 Å². The van der Waals surface area contributed by atoms with Gasteiger partial charge in [-0.15, -0.1) is 0 Å². The van der Waals surface area contributed by atoms with E-state index in [0.29, 0.717) is 36.7 Å². The van der Waals surface area contributed by atoms with Crippen molar-refractivity contribution in [1.29, 1.82) is 0 Å². The maximum absolute atomic E-state index is 14.3. The molecular formula is C32H42ClFN4O4. The Morgan fingerprint density at radius 3 is 2.67 bits per heavy atom. The summed E-state index contributed by atoms with van der Waals surface area (Å²) in [6, 6.07) is 3.55. The molecule has 42 heavy (non-hydrogen) atoms. The van der Waals surface area contributed by atoms with Crippen molar-refractivity contribution in [3.05, 3.63) is 41.2 Å². The van der Waals surface area contributed by atoms with Crippen LogP contribution in [-0.4, -0.2) is 77.0 Å². The van der Waals surface area contributed by atoms with Gasteiger partial charge in [-0.2, -0.15) is 0 Å². The van der Waals surface area contributed by atoms with E-state index in [9.17, 15) is 18.8 Å². The van der Waals surface area contributed by atoms with Gasteiger partial charge in [-0.1, -0.05) is 56.9 Å². The molecule has 8 nitrogen and oxygen atoms in total. The predicted octanol–water partition coefficient (Wildman–Crippen LogP) is 4.38. The minimum absolute atomic E-state index is 0.0284. The minimum atomic E-state index is -1.22. The van der Waals surface area contributed by atoms with E-state index in [4.69, 9.17) is 16.3 Å². The first kappa shape index (κ1) is 29.6. The van der Waals surface area contributed by atoms with Crippen LogP contribution < -0.4 is 10.6 Å². The van der Waals surface area contributed by atoms with Crippen LogP contribution in [0.2, 0.25) is 5.02 Å². The third kappa shape index (κ3) is 5.05. The molecule has 4 aliphatic heterocycles. The molecule has 1 saturated carbocycles. The summed E-state index contributed by atoms with van der Waals surface area (Å²) in [5, 5.41) is 6.02. The zero-order valence-electron chi connectivity index (χ0n) is 24.7. The first-order valence-electron chi connectivity index (χ1n) is 15.6. The molecule has 1 spiro atoms. The highest BCUT2D eigenvalue weighted by Crippen LogP contribution is 2.55. The lowest BCUT2D eigenvalue weighted by molar-refractivity contribution is -0.142. The second kappa shape index (κ2) is 11.5. The fourth-order valence-corrected chi connectivity index (χ4v) is 8.26. The average molecular weight is 601 g/mol. The number of hydrogen-bond donors (Lipinski definition) is 2. The van der Waals surface area contributed by atoms with E-state index in [1.165, 1.54) is 24.6 Å². The fraction of sp³-hybridized carbons (Fsp3) is 0.656. The van der Waals surface area contributed by atoms with Gasteiger partial charge in [0.15, 0.2) is 0 Å². The van der Waals surface area contributed by atoms with Crippen molar-refractivity contribution in [2.24, 2.45) is 23.7 Å². The van der Waals surface area contributed by atoms with Gasteiger partial charge in [-0.05, 0) is 62.8 Å². The van der Waals surface area contributed by atoms with Crippen LogP contribution in [0.25, 0.3) is 0 Å². The lowest BCUT2D eigenvalue weighted by atomic mass is 9.73. The van der Waals surface area contributed by atoms with Crippen molar-refractivity contribution < 1.29 is 23.5 Å². The monoisotopic (exact) mass is 600 g/mol. The van der Waals surface area contributed by atoms with Gasteiger partial charge in [0.2, 0.25) is 17.7 Å². The maximum atomic E-state index is 14.3.